The van der Waals surface area contributed by atoms with Crippen LogP contribution in [0, 0.1) is 17.1 Å². The molecule has 9 nitrogen and oxygen atoms in total. The number of amides is 1. The largest absolute Gasteiger partial charge is 0.501 e. The highest BCUT2D eigenvalue weighted by molar-refractivity contribution is 6.04. The van der Waals surface area contributed by atoms with Crippen LogP contribution in [0.5, 0.6) is 5.75 Å². The normalized spacial score (nSPS) is 11.0. The molecule has 4 rings (SSSR count). The minimum Gasteiger partial charge on any atom is -0.501 e. The summed E-state index contributed by atoms with van der Waals surface area (Å²) in [6, 6.07) is 17.8. The highest BCUT2D eigenvalue weighted by Crippen LogP contribution is 2.23. The molecule has 35 heavy (non-hydrogen) atoms. The van der Waals surface area contributed by atoms with E-state index in [1.807, 2.05) is 42.5 Å². The summed E-state index contributed by atoms with van der Waals surface area (Å²) in [6.45, 7) is 1.74. The lowest BCUT2D eigenvalue weighted by Gasteiger charge is -2.17. The fourth-order valence-electron chi connectivity index (χ4n) is 3.30. The van der Waals surface area contributed by atoms with E-state index >= 15 is 0 Å². The lowest BCUT2D eigenvalue weighted by atomic mass is 9.96. The van der Waals surface area contributed by atoms with Crippen molar-refractivity contribution >= 4 is 11.6 Å². The number of carbonyl (C=O) groups is 1. The highest BCUT2D eigenvalue weighted by atomic mass is 19.1. The molecular weight excluding hydrogens is 453 g/mol. The number of nitrogens with zero attached hydrogens (tertiary/aromatic N) is 4. The minimum atomic E-state index is -0.809. The first kappa shape index (κ1) is 24.9. The fourth-order valence-corrected chi connectivity index (χ4v) is 3.30. The Kier molecular flexibility index (Phi) is 8.08. The smallest absolute Gasteiger partial charge is 0.296 e. The van der Waals surface area contributed by atoms with Crippen molar-refractivity contribution in [2.45, 2.75) is 19.3 Å². The molecule has 0 saturated heterocycles. The van der Waals surface area contributed by atoms with Gasteiger partial charge in [0.15, 0.2) is 5.69 Å². The molecular formula is C25H22FN5O4. The maximum absolute atomic E-state index is 13.4. The predicted octanol–water partition coefficient (Wildman–Crippen LogP) is 3.77. The highest BCUT2D eigenvalue weighted by Gasteiger charge is 2.23. The monoisotopic (exact) mass is 475 g/mol. The average molecular weight is 475 g/mol. The minimum absolute atomic E-state index is 0.172. The second-order valence-electron chi connectivity index (χ2n) is 7.57. The Morgan fingerprint density at radius 1 is 1.26 bits per heavy atom. The summed E-state index contributed by atoms with van der Waals surface area (Å²) in [4.78, 5) is 29.0. The maximum atomic E-state index is 13.4. The third kappa shape index (κ3) is 6.17. The van der Waals surface area contributed by atoms with Gasteiger partial charge in [0.1, 0.15) is 23.6 Å². The Labute approximate surface area is 200 Å². The van der Waals surface area contributed by atoms with Gasteiger partial charge in [-0.3, -0.25) is 14.2 Å². The zero-order chi connectivity index (χ0) is 25.4. The summed E-state index contributed by atoms with van der Waals surface area (Å²) in [5.41, 5.74) is -0.269. The van der Waals surface area contributed by atoms with E-state index in [0.29, 0.717) is 5.56 Å². The molecule has 0 radical (unpaired) electrons. The Morgan fingerprint density at radius 3 is 2.49 bits per heavy atom. The van der Waals surface area contributed by atoms with E-state index in [9.17, 15) is 24.3 Å². The summed E-state index contributed by atoms with van der Waals surface area (Å²) in [7, 11) is 1.42. The maximum Gasteiger partial charge on any atom is 0.296 e. The average Bonchev–Trinajstić information content (AvgIpc) is 3.38. The lowest BCUT2D eigenvalue weighted by Crippen LogP contribution is -2.28. The topological polar surface area (TPSA) is 134 Å². The number of aromatic nitrogens is 3. The first-order valence-electron chi connectivity index (χ1n) is 10.5. The number of nitrogens with one attached hydrogen (secondary N) is 1. The Morgan fingerprint density at radius 2 is 1.91 bits per heavy atom. The van der Waals surface area contributed by atoms with Gasteiger partial charge < -0.3 is 14.9 Å². The number of hydrogen-bond acceptors (Lipinski definition) is 7. The van der Waals surface area contributed by atoms with Crippen LogP contribution >= 0.6 is 0 Å². The standard InChI is InChI=1S/C19H16FN5O4.C6H6/c1-10(5-11-3-4-13(20)6-12(11)7-21)17-24-15(16(26)19(28)25(17)2)18(27)23-14-8-22-29-9-14;1-2-4-6-5-3-1/h3-4,6,8-10,26H,5H2,1-2H3,(H,23,27);1-6H. The first-order chi connectivity index (χ1) is 16.8. The van der Waals surface area contributed by atoms with Gasteiger partial charge in [0.25, 0.3) is 11.5 Å². The molecule has 0 aliphatic carbocycles. The fraction of sp³-hybridized carbons (Fsp3) is 0.160. The molecule has 4 aromatic rings. The molecule has 0 spiro atoms. The third-order valence-electron chi connectivity index (χ3n) is 5.03. The van der Waals surface area contributed by atoms with Crippen molar-refractivity contribution in [2.75, 3.05) is 5.32 Å². The van der Waals surface area contributed by atoms with Crippen molar-refractivity contribution in [3.8, 4) is 11.8 Å². The van der Waals surface area contributed by atoms with Crippen molar-refractivity contribution in [2.24, 2.45) is 7.05 Å². The first-order valence-corrected chi connectivity index (χ1v) is 10.5. The van der Waals surface area contributed by atoms with Gasteiger partial charge in [-0.25, -0.2) is 9.37 Å². The van der Waals surface area contributed by atoms with Gasteiger partial charge in [-0.05, 0) is 24.1 Å². The molecule has 2 aromatic carbocycles. The molecule has 178 valence electrons. The lowest BCUT2D eigenvalue weighted by molar-refractivity contribution is 0.101. The number of rotatable bonds is 5. The van der Waals surface area contributed by atoms with Gasteiger partial charge in [-0.1, -0.05) is 54.5 Å². The van der Waals surface area contributed by atoms with Crippen molar-refractivity contribution in [1.82, 2.24) is 14.7 Å². The van der Waals surface area contributed by atoms with Gasteiger partial charge >= 0.3 is 0 Å². The van der Waals surface area contributed by atoms with Crippen LogP contribution < -0.4 is 10.9 Å². The number of aromatic hydroxyl groups is 1. The number of nitriles is 1. The molecule has 0 aliphatic heterocycles. The SMILES string of the molecule is CC(Cc1ccc(F)cc1C#N)c1nc(C(=O)Nc2cnoc2)c(O)c(=O)n1C.c1ccccc1. The van der Waals surface area contributed by atoms with E-state index in [2.05, 4.69) is 20.0 Å². The van der Waals surface area contributed by atoms with E-state index in [-0.39, 0.29) is 23.5 Å². The van der Waals surface area contributed by atoms with E-state index in [1.165, 1.54) is 31.6 Å². The Balaban J connectivity index is 0.000000497. The summed E-state index contributed by atoms with van der Waals surface area (Å²) < 4.78 is 19.1. The quantitative estimate of drug-likeness (QED) is 0.449. The molecule has 2 N–H and O–H groups in total. The van der Waals surface area contributed by atoms with Crippen LogP contribution in [0.4, 0.5) is 10.1 Å². The van der Waals surface area contributed by atoms with Crippen molar-refractivity contribution < 1.29 is 18.8 Å². The van der Waals surface area contributed by atoms with E-state index in [1.54, 1.807) is 6.92 Å². The van der Waals surface area contributed by atoms with Crippen LogP contribution in [0.25, 0.3) is 0 Å². The molecule has 1 atom stereocenters. The van der Waals surface area contributed by atoms with Crippen LogP contribution in [-0.2, 0) is 13.5 Å². The van der Waals surface area contributed by atoms with E-state index in [4.69, 9.17) is 0 Å². The van der Waals surface area contributed by atoms with Gasteiger partial charge in [0.2, 0.25) is 5.75 Å². The third-order valence-corrected chi connectivity index (χ3v) is 5.03. The summed E-state index contributed by atoms with van der Waals surface area (Å²) in [5.74, 6) is -2.33. The molecule has 1 amide bonds. The molecule has 2 heterocycles. The number of anilines is 1. The van der Waals surface area contributed by atoms with Crippen molar-refractivity contribution in [3.05, 3.63) is 106 Å². The van der Waals surface area contributed by atoms with E-state index < -0.39 is 34.6 Å². The summed E-state index contributed by atoms with van der Waals surface area (Å²) >= 11 is 0. The number of halogens is 1. The van der Waals surface area contributed by atoms with Gasteiger partial charge in [0.05, 0.1) is 17.8 Å². The Hall–Kier alpha value is -4.78. The molecule has 0 saturated carbocycles. The number of hydrogen-bond donors (Lipinski definition) is 2. The predicted molar refractivity (Wildman–Crippen MR) is 125 cm³/mol. The number of benzene rings is 2. The van der Waals surface area contributed by atoms with Gasteiger partial charge in [-0.15, -0.1) is 0 Å². The molecule has 0 fully saturated rings. The van der Waals surface area contributed by atoms with Crippen molar-refractivity contribution in [1.29, 1.82) is 5.26 Å². The van der Waals surface area contributed by atoms with E-state index in [0.717, 1.165) is 10.6 Å². The zero-order valence-corrected chi connectivity index (χ0v) is 19.0. The second kappa shape index (κ2) is 11.4. The van der Waals surface area contributed by atoms with Crippen LogP contribution in [0.15, 0.2) is 76.4 Å². The van der Waals surface area contributed by atoms with Crippen LogP contribution in [0.2, 0.25) is 0 Å². The molecule has 0 aliphatic rings. The number of carbonyl (C=O) groups excluding carboxylic acids is 1. The van der Waals surface area contributed by atoms with Crippen molar-refractivity contribution in [3.63, 3.8) is 0 Å². The molecule has 10 heteroatoms. The van der Waals surface area contributed by atoms with Gasteiger partial charge in [-0.2, -0.15) is 5.26 Å². The Bertz CT molecular complexity index is 1370. The van der Waals surface area contributed by atoms with Crippen LogP contribution in [0.1, 0.15) is 40.3 Å². The molecule has 1 unspecified atom stereocenters. The molecule has 0 bridgehead atoms. The summed E-state index contributed by atoms with van der Waals surface area (Å²) in [5, 5.41) is 25.2. The van der Waals surface area contributed by atoms with Gasteiger partial charge in [0, 0.05) is 13.0 Å². The zero-order valence-electron chi connectivity index (χ0n) is 19.0. The summed E-state index contributed by atoms with van der Waals surface area (Å²) in [6.07, 6.45) is 2.69. The van der Waals surface area contributed by atoms with Crippen LogP contribution in [-0.4, -0.2) is 25.7 Å². The second-order valence-corrected chi connectivity index (χ2v) is 7.57. The molecule has 2 aromatic heterocycles. The van der Waals surface area contributed by atoms with Crippen LogP contribution in [0.3, 0.4) is 0 Å².